The molecule has 1 atom stereocenters. The van der Waals surface area contributed by atoms with Crippen LogP contribution in [0.15, 0.2) is 48.5 Å². The van der Waals surface area contributed by atoms with Crippen LogP contribution in [0.1, 0.15) is 11.6 Å². The van der Waals surface area contributed by atoms with Crippen molar-refractivity contribution in [3.63, 3.8) is 0 Å². The van der Waals surface area contributed by atoms with Crippen molar-refractivity contribution in [3.8, 4) is 5.75 Å². The molecule has 1 heterocycles. The second-order valence-corrected chi connectivity index (χ2v) is 5.82. The van der Waals surface area contributed by atoms with Gasteiger partial charge in [0, 0.05) is 18.8 Å². The van der Waals surface area contributed by atoms with Crippen LogP contribution in [0.25, 0.3) is 0 Å². The Bertz CT molecular complexity index is 715. The van der Waals surface area contributed by atoms with E-state index in [4.69, 9.17) is 9.47 Å². The molecule has 2 aromatic rings. The van der Waals surface area contributed by atoms with Gasteiger partial charge in [0.2, 0.25) is 5.91 Å². The summed E-state index contributed by atoms with van der Waals surface area (Å²) in [4.78, 5) is 14.9. The maximum atomic E-state index is 13.7. The van der Waals surface area contributed by atoms with E-state index in [9.17, 15) is 9.18 Å². The van der Waals surface area contributed by atoms with Gasteiger partial charge >= 0.3 is 0 Å². The molecule has 2 aromatic carbocycles. The average molecular weight is 344 g/mol. The Labute approximate surface area is 146 Å². The number of carbonyl (C=O) groups is 1. The summed E-state index contributed by atoms with van der Waals surface area (Å²) in [6.45, 7) is 2.36. The molecule has 1 fully saturated rings. The van der Waals surface area contributed by atoms with Gasteiger partial charge in [-0.15, -0.1) is 0 Å². The summed E-state index contributed by atoms with van der Waals surface area (Å²) in [5.74, 6) is 0.165. The van der Waals surface area contributed by atoms with Crippen molar-refractivity contribution in [2.24, 2.45) is 0 Å². The summed E-state index contributed by atoms with van der Waals surface area (Å²) in [5, 5.41) is 2.91. The minimum Gasteiger partial charge on any atom is -0.497 e. The quantitative estimate of drug-likeness (QED) is 0.906. The third kappa shape index (κ3) is 4.35. The maximum Gasteiger partial charge on any atom is 0.246 e. The van der Waals surface area contributed by atoms with Crippen LogP contribution in [0, 0.1) is 5.82 Å². The Balaban J connectivity index is 1.83. The zero-order chi connectivity index (χ0) is 17.6. The van der Waals surface area contributed by atoms with Crippen molar-refractivity contribution in [2.75, 3.05) is 38.7 Å². The van der Waals surface area contributed by atoms with Gasteiger partial charge in [-0.2, -0.15) is 0 Å². The summed E-state index contributed by atoms with van der Waals surface area (Å²) in [7, 11) is 1.59. The molecule has 1 aliphatic rings. The van der Waals surface area contributed by atoms with E-state index >= 15 is 0 Å². The number of hydrogen-bond acceptors (Lipinski definition) is 4. The number of anilines is 1. The topological polar surface area (TPSA) is 50.8 Å². The fourth-order valence-electron chi connectivity index (χ4n) is 2.93. The molecule has 1 N–H and O–H groups in total. The van der Waals surface area contributed by atoms with Gasteiger partial charge < -0.3 is 14.8 Å². The Morgan fingerprint density at radius 1 is 1.20 bits per heavy atom. The molecule has 1 amide bonds. The van der Waals surface area contributed by atoms with Crippen LogP contribution in [0.5, 0.6) is 5.75 Å². The summed E-state index contributed by atoms with van der Waals surface area (Å²) >= 11 is 0. The first kappa shape index (κ1) is 17.4. The molecule has 3 rings (SSSR count). The van der Waals surface area contributed by atoms with Gasteiger partial charge in [-0.1, -0.05) is 12.1 Å². The highest BCUT2D eigenvalue weighted by Crippen LogP contribution is 2.25. The molecule has 0 unspecified atom stereocenters. The fourth-order valence-corrected chi connectivity index (χ4v) is 2.93. The highest BCUT2D eigenvalue weighted by atomic mass is 19.1. The summed E-state index contributed by atoms with van der Waals surface area (Å²) < 4.78 is 24.2. The Hall–Kier alpha value is -2.44. The van der Waals surface area contributed by atoms with Gasteiger partial charge in [-0.3, -0.25) is 9.69 Å². The van der Waals surface area contributed by atoms with E-state index in [1.54, 1.807) is 43.5 Å². The summed E-state index contributed by atoms with van der Waals surface area (Å²) in [6, 6.07) is 12.7. The second kappa shape index (κ2) is 8.09. The number of methoxy groups -OCH3 is 1. The molecule has 0 spiro atoms. The first-order valence-electron chi connectivity index (χ1n) is 8.19. The minimum atomic E-state index is -0.568. The molecular weight excluding hydrogens is 323 g/mol. The number of nitrogens with one attached hydrogen (secondary N) is 1. The van der Waals surface area contributed by atoms with Crippen molar-refractivity contribution in [1.82, 2.24) is 4.90 Å². The molecule has 132 valence electrons. The van der Waals surface area contributed by atoms with Crippen molar-refractivity contribution >= 4 is 11.6 Å². The first-order chi connectivity index (χ1) is 12.2. The van der Waals surface area contributed by atoms with Crippen LogP contribution in [0.2, 0.25) is 0 Å². The largest absolute Gasteiger partial charge is 0.497 e. The third-order valence-electron chi connectivity index (χ3n) is 4.18. The minimum absolute atomic E-state index is 0.197. The Kier molecular flexibility index (Phi) is 5.63. The van der Waals surface area contributed by atoms with Crippen molar-refractivity contribution in [2.45, 2.75) is 6.04 Å². The predicted octanol–water partition coefficient (Wildman–Crippen LogP) is 2.85. The molecule has 6 heteroatoms. The number of nitrogens with zero attached hydrogens (tertiary/aromatic N) is 1. The van der Waals surface area contributed by atoms with Crippen LogP contribution < -0.4 is 10.1 Å². The predicted molar refractivity (Wildman–Crippen MR) is 93.2 cm³/mol. The molecular formula is C19H21FN2O3. The number of benzene rings is 2. The van der Waals surface area contributed by atoms with Crippen LogP contribution in [-0.4, -0.2) is 44.2 Å². The first-order valence-corrected chi connectivity index (χ1v) is 8.19. The average Bonchev–Trinajstić information content (AvgIpc) is 2.63. The van der Waals surface area contributed by atoms with E-state index < -0.39 is 6.04 Å². The second-order valence-electron chi connectivity index (χ2n) is 5.82. The van der Waals surface area contributed by atoms with Crippen LogP contribution in [0.3, 0.4) is 0 Å². The molecule has 5 nitrogen and oxygen atoms in total. The van der Waals surface area contributed by atoms with Gasteiger partial charge in [0.15, 0.2) is 0 Å². The number of morpholine rings is 1. The molecule has 1 saturated heterocycles. The van der Waals surface area contributed by atoms with E-state index in [2.05, 4.69) is 5.32 Å². The number of rotatable bonds is 5. The molecule has 1 aliphatic heterocycles. The molecule has 0 radical (unpaired) electrons. The highest BCUT2D eigenvalue weighted by molar-refractivity contribution is 5.95. The van der Waals surface area contributed by atoms with Crippen LogP contribution in [-0.2, 0) is 9.53 Å². The number of hydrogen-bond donors (Lipinski definition) is 1. The lowest BCUT2D eigenvalue weighted by Gasteiger charge is -2.33. The standard InChI is InChI=1S/C19H21FN2O3/c1-24-17-7-5-16(6-8-17)21-19(23)18(22-9-11-25-12-10-22)14-3-2-4-15(20)13-14/h2-8,13,18H,9-12H2,1H3,(H,21,23)/t18-/m1/s1. The SMILES string of the molecule is COc1ccc(NC(=O)[C@@H](c2cccc(F)c2)N2CCOCC2)cc1. The Morgan fingerprint density at radius 2 is 1.92 bits per heavy atom. The van der Waals surface area contributed by atoms with E-state index in [1.165, 1.54) is 12.1 Å². The van der Waals surface area contributed by atoms with E-state index in [0.717, 1.165) is 0 Å². The number of halogens is 1. The van der Waals surface area contributed by atoms with Crippen molar-refractivity contribution in [1.29, 1.82) is 0 Å². The number of ether oxygens (including phenoxy) is 2. The third-order valence-corrected chi connectivity index (χ3v) is 4.18. The summed E-state index contributed by atoms with van der Waals surface area (Å²) in [5.41, 5.74) is 1.30. The van der Waals surface area contributed by atoms with Gasteiger partial charge in [-0.05, 0) is 42.0 Å². The highest BCUT2D eigenvalue weighted by Gasteiger charge is 2.29. The lowest BCUT2D eigenvalue weighted by Crippen LogP contribution is -2.43. The zero-order valence-corrected chi connectivity index (χ0v) is 14.1. The van der Waals surface area contributed by atoms with Gasteiger partial charge in [0.05, 0.1) is 20.3 Å². The summed E-state index contributed by atoms with van der Waals surface area (Å²) in [6.07, 6.45) is 0. The normalized spacial score (nSPS) is 16.2. The molecule has 0 bridgehead atoms. The lowest BCUT2D eigenvalue weighted by atomic mass is 10.0. The maximum absolute atomic E-state index is 13.7. The Morgan fingerprint density at radius 3 is 2.56 bits per heavy atom. The van der Waals surface area contributed by atoms with E-state index in [1.807, 2.05) is 4.90 Å². The lowest BCUT2D eigenvalue weighted by molar-refractivity contribution is -0.123. The van der Waals surface area contributed by atoms with Crippen molar-refractivity contribution in [3.05, 3.63) is 59.9 Å². The van der Waals surface area contributed by atoms with Gasteiger partial charge in [0.25, 0.3) is 0 Å². The molecule has 25 heavy (non-hydrogen) atoms. The fraction of sp³-hybridized carbons (Fsp3) is 0.316. The van der Waals surface area contributed by atoms with E-state index in [0.29, 0.717) is 43.3 Å². The van der Waals surface area contributed by atoms with Crippen molar-refractivity contribution < 1.29 is 18.7 Å². The molecule has 0 aliphatic carbocycles. The van der Waals surface area contributed by atoms with Crippen LogP contribution >= 0.6 is 0 Å². The molecule has 0 aromatic heterocycles. The smallest absolute Gasteiger partial charge is 0.246 e. The van der Waals surface area contributed by atoms with Gasteiger partial charge in [0.1, 0.15) is 17.6 Å². The van der Waals surface area contributed by atoms with E-state index in [-0.39, 0.29) is 11.7 Å². The van der Waals surface area contributed by atoms with Crippen LogP contribution in [0.4, 0.5) is 10.1 Å². The molecule has 0 saturated carbocycles. The zero-order valence-electron chi connectivity index (χ0n) is 14.1. The monoisotopic (exact) mass is 344 g/mol. The number of carbonyl (C=O) groups excluding carboxylic acids is 1. The van der Waals surface area contributed by atoms with Gasteiger partial charge in [-0.25, -0.2) is 4.39 Å². The number of amides is 1.